The maximum absolute atomic E-state index is 12.0. The lowest BCUT2D eigenvalue weighted by molar-refractivity contribution is -0.118. The molecule has 4 N–H and O–H groups in total. The number of carbonyl (C=O) groups excluding carboxylic acids is 1. The van der Waals surface area contributed by atoms with Gasteiger partial charge in [-0.1, -0.05) is 6.07 Å². The molecule has 0 atom stereocenters. The summed E-state index contributed by atoms with van der Waals surface area (Å²) in [5, 5.41) is 2.52. The van der Waals surface area contributed by atoms with Crippen molar-refractivity contribution >= 4 is 15.9 Å². The zero-order valence-corrected chi connectivity index (χ0v) is 11.9. The van der Waals surface area contributed by atoms with Gasteiger partial charge < -0.3 is 11.1 Å². The molecule has 0 radical (unpaired) electrons. The Labute approximate surface area is 113 Å². The van der Waals surface area contributed by atoms with Crippen molar-refractivity contribution in [3.8, 4) is 0 Å². The molecule has 0 heterocycles. The lowest BCUT2D eigenvalue weighted by atomic mass is 10.1. The molecular formula is C12H19N3O3S. The number of benzene rings is 1. The first-order valence-corrected chi connectivity index (χ1v) is 7.39. The van der Waals surface area contributed by atoms with Crippen LogP contribution in [-0.4, -0.2) is 27.4 Å². The van der Waals surface area contributed by atoms with E-state index in [1.165, 1.54) is 13.0 Å². The lowest BCUT2D eigenvalue weighted by Gasteiger charge is -2.09. The normalized spacial score (nSPS) is 11.3. The number of sulfonamides is 1. The molecule has 0 spiro atoms. The second-order valence-corrected chi connectivity index (χ2v) is 5.94. The van der Waals surface area contributed by atoms with Crippen molar-refractivity contribution in [2.45, 2.75) is 25.3 Å². The van der Waals surface area contributed by atoms with Gasteiger partial charge in [0.05, 0.1) is 4.90 Å². The second-order valence-electron chi connectivity index (χ2n) is 4.17. The van der Waals surface area contributed by atoms with Gasteiger partial charge in [-0.05, 0) is 30.2 Å². The Hall–Kier alpha value is -1.44. The van der Waals surface area contributed by atoms with Crippen LogP contribution in [0.3, 0.4) is 0 Å². The van der Waals surface area contributed by atoms with Crippen molar-refractivity contribution in [2.24, 2.45) is 5.73 Å². The van der Waals surface area contributed by atoms with Gasteiger partial charge in [-0.25, -0.2) is 13.1 Å². The summed E-state index contributed by atoms with van der Waals surface area (Å²) in [7, 11) is -3.55. The minimum absolute atomic E-state index is 0.152. The summed E-state index contributed by atoms with van der Waals surface area (Å²) in [6, 6.07) is 4.82. The number of aryl methyl sites for hydroxylation is 1. The first-order chi connectivity index (χ1) is 8.86. The number of rotatable bonds is 6. The number of hydrogen-bond donors (Lipinski definition) is 3. The third kappa shape index (κ3) is 4.62. The molecule has 0 aliphatic carbocycles. The van der Waals surface area contributed by atoms with Crippen LogP contribution in [0.25, 0.3) is 0 Å². The van der Waals surface area contributed by atoms with Crippen molar-refractivity contribution in [1.29, 1.82) is 0 Å². The second kappa shape index (κ2) is 6.65. The molecule has 0 bridgehead atoms. The molecule has 106 valence electrons. The highest BCUT2D eigenvalue weighted by molar-refractivity contribution is 7.89. The van der Waals surface area contributed by atoms with Gasteiger partial charge in [0.15, 0.2) is 0 Å². The van der Waals surface area contributed by atoms with Gasteiger partial charge in [-0.15, -0.1) is 0 Å². The molecule has 0 aliphatic rings. The molecule has 0 saturated heterocycles. The lowest BCUT2D eigenvalue weighted by Crippen LogP contribution is -2.33. The van der Waals surface area contributed by atoms with E-state index < -0.39 is 10.0 Å². The van der Waals surface area contributed by atoms with Gasteiger partial charge in [0.1, 0.15) is 0 Å². The van der Waals surface area contributed by atoms with E-state index in [2.05, 4.69) is 10.0 Å². The molecule has 0 unspecified atom stereocenters. The van der Waals surface area contributed by atoms with E-state index in [0.29, 0.717) is 6.54 Å². The summed E-state index contributed by atoms with van der Waals surface area (Å²) in [5.74, 6) is -0.192. The maximum Gasteiger partial charge on any atom is 0.240 e. The molecule has 1 rings (SSSR count). The zero-order valence-electron chi connectivity index (χ0n) is 11.1. The van der Waals surface area contributed by atoms with Crippen LogP contribution < -0.4 is 15.8 Å². The van der Waals surface area contributed by atoms with Crippen LogP contribution in [0.2, 0.25) is 0 Å². The molecular weight excluding hydrogens is 266 g/mol. The van der Waals surface area contributed by atoms with Gasteiger partial charge in [0, 0.05) is 26.6 Å². The third-order valence-electron chi connectivity index (χ3n) is 2.64. The average Bonchev–Trinajstić information content (AvgIpc) is 2.34. The van der Waals surface area contributed by atoms with Gasteiger partial charge in [0.25, 0.3) is 0 Å². The highest BCUT2D eigenvalue weighted by atomic mass is 32.2. The van der Waals surface area contributed by atoms with Gasteiger partial charge in [0.2, 0.25) is 15.9 Å². The van der Waals surface area contributed by atoms with Crippen LogP contribution in [-0.2, 0) is 21.4 Å². The Morgan fingerprint density at radius 2 is 2.00 bits per heavy atom. The van der Waals surface area contributed by atoms with Crippen LogP contribution in [0.4, 0.5) is 0 Å². The topological polar surface area (TPSA) is 101 Å². The van der Waals surface area contributed by atoms with Crippen LogP contribution in [0, 0.1) is 6.92 Å². The quantitative estimate of drug-likeness (QED) is 0.634. The monoisotopic (exact) mass is 285 g/mol. The van der Waals surface area contributed by atoms with E-state index in [4.69, 9.17) is 5.73 Å². The number of carbonyl (C=O) groups is 1. The molecule has 19 heavy (non-hydrogen) atoms. The van der Waals surface area contributed by atoms with E-state index in [1.54, 1.807) is 12.1 Å². The number of nitrogens with one attached hydrogen (secondary N) is 2. The fourth-order valence-corrected chi connectivity index (χ4v) is 2.69. The summed E-state index contributed by atoms with van der Waals surface area (Å²) >= 11 is 0. The standard InChI is InChI=1S/C12H19N3O3S/c1-9-7-12(4-3-11(9)8-13)19(17,18)15-6-5-14-10(2)16/h3-4,7,15H,5-6,8,13H2,1-2H3,(H,14,16). The Bertz CT molecular complexity index is 555. The number of nitrogens with two attached hydrogens (primary N) is 1. The number of amides is 1. The largest absolute Gasteiger partial charge is 0.355 e. The third-order valence-corrected chi connectivity index (χ3v) is 4.09. The molecule has 0 aromatic heterocycles. The highest BCUT2D eigenvalue weighted by Gasteiger charge is 2.14. The van der Waals surface area contributed by atoms with E-state index in [0.717, 1.165) is 11.1 Å². The summed E-state index contributed by atoms with van der Waals surface area (Å²) in [5.41, 5.74) is 7.29. The first-order valence-electron chi connectivity index (χ1n) is 5.90. The Kier molecular flexibility index (Phi) is 5.46. The highest BCUT2D eigenvalue weighted by Crippen LogP contribution is 2.14. The van der Waals surface area contributed by atoms with E-state index in [1.807, 2.05) is 6.92 Å². The predicted molar refractivity (Wildman–Crippen MR) is 72.9 cm³/mol. The van der Waals surface area contributed by atoms with Crippen molar-refractivity contribution in [3.63, 3.8) is 0 Å². The van der Waals surface area contributed by atoms with Crippen LogP contribution in [0.1, 0.15) is 18.1 Å². The van der Waals surface area contributed by atoms with Crippen molar-refractivity contribution in [1.82, 2.24) is 10.0 Å². The Balaban J connectivity index is 2.72. The van der Waals surface area contributed by atoms with E-state index in [-0.39, 0.29) is 23.9 Å². The minimum atomic E-state index is -3.55. The maximum atomic E-state index is 12.0. The molecule has 6 nitrogen and oxygen atoms in total. The molecule has 1 amide bonds. The fourth-order valence-electron chi connectivity index (χ4n) is 1.57. The summed E-state index contributed by atoms with van der Waals surface area (Å²) in [6.07, 6.45) is 0. The first kappa shape index (κ1) is 15.6. The molecule has 0 saturated carbocycles. The smallest absolute Gasteiger partial charge is 0.240 e. The number of hydrogen-bond acceptors (Lipinski definition) is 4. The van der Waals surface area contributed by atoms with Gasteiger partial charge >= 0.3 is 0 Å². The zero-order chi connectivity index (χ0) is 14.5. The summed E-state index contributed by atoms with van der Waals surface area (Å²) in [6.45, 7) is 3.98. The summed E-state index contributed by atoms with van der Waals surface area (Å²) in [4.78, 5) is 10.9. The Morgan fingerprint density at radius 3 is 2.53 bits per heavy atom. The molecule has 0 fully saturated rings. The van der Waals surface area contributed by atoms with Crippen LogP contribution in [0.15, 0.2) is 23.1 Å². The average molecular weight is 285 g/mol. The predicted octanol–water partition coefficient (Wildman–Crippen LogP) is -0.132. The van der Waals surface area contributed by atoms with Gasteiger partial charge in [-0.3, -0.25) is 4.79 Å². The molecule has 1 aromatic rings. The van der Waals surface area contributed by atoms with Gasteiger partial charge in [-0.2, -0.15) is 0 Å². The van der Waals surface area contributed by atoms with E-state index >= 15 is 0 Å². The SMILES string of the molecule is CC(=O)NCCNS(=O)(=O)c1ccc(CN)c(C)c1. The molecule has 1 aromatic carbocycles. The minimum Gasteiger partial charge on any atom is -0.355 e. The van der Waals surface area contributed by atoms with Crippen LogP contribution >= 0.6 is 0 Å². The molecule has 7 heteroatoms. The Morgan fingerprint density at radius 1 is 1.32 bits per heavy atom. The van der Waals surface area contributed by atoms with E-state index in [9.17, 15) is 13.2 Å². The summed E-state index contributed by atoms with van der Waals surface area (Å²) < 4.78 is 26.4. The molecule has 0 aliphatic heterocycles. The van der Waals surface area contributed by atoms with Crippen LogP contribution in [0.5, 0.6) is 0 Å². The van der Waals surface area contributed by atoms with Crippen molar-refractivity contribution in [2.75, 3.05) is 13.1 Å². The van der Waals surface area contributed by atoms with Crippen molar-refractivity contribution < 1.29 is 13.2 Å². The van der Waals surface area contributed by atoms with Crippen molar-refractivity contribution in [3.05, 3.63) is 29.3 Å². The fraction of sp³-hybridized carbons (Fsp3) is 0.417.